The maximum absolute atomic E-state index is 11.1. The second kappa shape index (κ2) is 7.17. The zero-order valence-corrected chi connectivity index (χ0v) is 14.3. The van der Waals surface area contributed by atoms with Gasteiger partial charge in [-0.15, -0.1) is 0 Å². The number of benzene rings is 3. The van der Waals surface area contributed by atoms with Gasteiger partial charge in [0.05, 0.1) is 5.56 Å². The lowest BCUT2D eigenvalue weighted by Crippen LogP contribution is -1.97. The molecular weight excluding hydrogens is 338 g/mol. The maximum atomic E-state index is 11.1. The fourth-order valence-corrected chi connectivity index (χ4v) is 2.87. The predicted octanol–water partition coefficient (Wildman–Crippen LogP) is 4.57. The second-order valence-corrected chi connectivity index (χ2v) is 5.93. The van der Waals surface area contributed by atoms with E-state index in [2.05, 4.69) is 15.0 Å². The molecule has 4 aromatic rings. The molecule has 1 heterocycles. The Kier molecular flexibility index (Phi) is 4.41. The van der Waals surface area contributed by atoms with Crippen molar-refractivity contribution < 1.29 is 9.90 Å². The van der Waals surface area contributed by atoms with Crippen molar-refractivity contribution in [1.82, 2.24) is 15.0 Å². The third kappa shape index (κ3) is 3.43. The maximum Gasteiger partial charge on any atom is 0.335 e. The van der Waals surface area contributed by atoms with Gasteiger partial charge in [0, 0.05) is 11.1 Å². The van der Waals surface area contributed by atoms with E-state index in [1.807, 2.05) is 54.6 Å². The Hall–Kier alpha value is -3.86. The highest BCUT2D eigenvalue weighted by atomic mass is 16.4. The summed E-state index contributed by atoms with van der Waals surface area (Å²) in [4.78, 5) is 24.3. The van der Waals surface area contributed by atoms with E-state index in [0.717, 1.165) is 22.3 Å². The summed E-state index contributed by atoms with van der Waals surface area (Å²) in [6.45, 7) is 0. The summed E-state index contributed by atoms with van der Waals surface area (Å²) in [5, 5.41) is 9.09. The molecule has 27 heavy (non-hydrogen) atoms. The van der Waals surface area contributed by atoms with Crippen molar-refractivity contribution in [3.8, 4) is 33.9 Å². The van der Waals surface area contributed by atoms with E-state index in [9.17, 15) is 4.79 Å². The molecule has 0 saturated heterocycles. The molecule has 0 aliphatic carbocycles. The first-order valence-electron chi connectivity index (χ1n) is 8.40. The summed E-state index contributed by atoms with van der Waals surface area (Å²) in [6.07, 6.45) is 1.51. The number of hydrogen-bond donors (Lipinski definition) is 1. The Bertz CT molecular complexity index is 1090. The number of carboxylic acid groups (broad SMARTS) is 1. The van der Waals surface area contributed by atoms with Gasteiger partial charge in [0.15, 0.2) is 11.6 Å². The van der Waals surface area contributed by atoms with Crippen LogP contribution in [0.4, 0.5) is 0 Å². The van der Waals surface area contributed by atoms with Crippen LogP contribution in [0.2, 0.25) is 0 Å². The fraction of sp³-hybridized carbons (Fsp3) is 0. The van der Waals surface area contributed by atoms with Crippen LogP contribution in [0.15, 0.2) is 85.2 Å². The van der Waals surface area contributed by atoms with Gasteiger partial charge in [0.2, 0.25) is 0 Å². The standard InChI is InChI=1S/C22H15N3O2/c26-22(27)17-12-10-15(11-13-17)18-8-4-5-9-19(18)21-24-14-23-20(25-21)16-6-2-1-3-7-16/h1-14H,(H,26,27). The van der Waals surface area contributed by atoms with Crippen molar-refractivity contribution in [3.63, 3.8) is 0 Å². The average molecular weight is 353 g/mol. The Labute approximate surface area is 156 Å². The third-order valence-electron chi connectivity index (χ3n) is 4.21. The Morgan fingerprint density at radius 3 is 2.00 bits per heavy atom. The molecule has 5 heteroatoms. The normalized spacial score (nSPS) is 10.5. The molecule has 4 rings (SSSR count). The quantitative estimate of drug-likeness (QED) is 0.581. The topological polar surface area (TPSA) is 76.0 Å². The molecule has 5 nitrogen and oxygen atoms in total. The minimum absolute atomic E-state index is 0.253. The molecule has 0 spiro atoms. The third-order valence-corrected chi connectivity index (χ3v) is 4.21. The van der Waals surface area contributed by atoms with Crippen LogP contribution in [0.3, 0.4) is 0 Å². The molecule has 1 aromatic heterocycles. The van der Waals surface area contributed by atoms with Crippen molar-refractivity contribution in [2.45, 2.75) is 0 Å². The highest BCUT2D eigenvalue weighted by Crippen LogP contribution is 2.30. The predicted molar refractivity (Wildman–Crippen MR) is 103 cm³/mol. The van der Waals surface area contributed by atoms with Crippen molar-refractivity contribution in [1.29, 1.82) is 0 Å². The zero-order chi connectivity index (χ0) is 18.6. The van der Waals surface area contributed by atoms with Crippen LogP contribution in [0.5, 0.6) is 0 Å². The smallest absolute Gasteiger partial charge is 0.335 e. The van der Waals surface area contributed by atoms with Gasteiger partial charge in [-0.2, -0.15) is 0 Å². The largest absolute Gasteiger partial charge is 0.478 e. The first kappa shape index (κ1) is 16.6. The Morgan fingerprint density at radius 1 is 0.667 bits per heavy atom. The highest BCUT2D eigenvalue weighted by molar-refractivity contribution is 5.89. The van der Waals surface area contributed by atoms with Crippen molar-refractivity contribution in [3.05, 3.63) is 90.8 Å². The van der Waals surface area contributed by atoms with Crippen LogP contribution in [-0.4, -0.2) is 26.0 Å². The number of aromatic nitrogens is 3. The summed E-state index contributed by atoms with van der Waals surface area (Å²) >= 11 is 0. The van der Waals surface area contributed by atoms with Crippen molar-refractivity contribution in [2.75, 3.05) is 0 Å². The fourth-order valence-electron chi connectivity index (χ4n) is 2.87. The summed E-state index contributed by atoms with van der Waals surface area (Å²) in [5.41, 5.74) is 3.87. The van der Waals surface area contributed by atoms with Crippen LogP contribution >= 0.6 is 0 Å². The minimum Gasteiger partial charge on any atom is -0.478 e. The summed E-state index contributed by atoms with van der Waals surface area (Å²) < 4.78 is 0. The Balaban J connectivity index is 1.79. The monoisotopic (exact) mass is 353 g/mol. The number of carboxylic acids is 1. The average Bonchev–Trinajstić information content (AvgIpc) is 2.74. The molecule has 0 amide bonds. The van der Waals surface area contributed by atoms with Crippen LogP contribution in [-0.2, 0) is 0 Å². The van der Waals surface area contributed by atoms with Gasteiger partial charge in [-0.25, -0.2) is 19.7 Å². The molecule has 0 saturated carbocycles. The van der Waals surface area contributed by atoms with Crippen LogP contribution in [0.25, 0.3) is 33.9 Å². The summed E-state index contributed by atoms with van der Waals surface area (Å²) in [5.74, 6) is 0.234. The van der Waals surface area contributed by atoms with E-state index in [-0.39, 0.29) is 5.56 Å². The molecular formula is C22H15N3O2. The summed E-state index contributed by atoms with van der Waals surface area (Å²) in [6, 6.07) is 24.3. The first-order chi connectivity index (χ1) is 13.2. The van der Waals surface area contributed by atoms with E-state index in [1.165, 1.54) is 6.33 Å². The molecule has 0 unspecified atom stereocenters. The van der Waals surface area contributed by atoms with Gasteiger partial charge in [-0.1, -0.05) is 66.7 Å². The van der Waals surface area contributed by atoms with E-state index in [4.69, 9.17) is 5.11 Å². The molecule has 1 N–H and O–H groups in total. The number of nitrogens with zero attached hydrogens (tertiary/aromatic N) is 3. The van der Waals surface area contributed by atoms with Gasteiger partial charge in [-0.05, 0) is 23.3 Å². The lowest BCUT2D eigenvalue weighted by Gasteiger charge is -2.10. The van der Waals surface area contributed by atoms with Crippen LogP contribution < -0.4 is 0 Å². The van der Waals surface area contributed by atoms with Gasteiger partial charge in [-0.3, -0.25) is 0 Å². The van der Waals surface area contributed by atoms with Gasteiger partial charge in [0.1, 0.15) is 6.33 Å². The molecule has 0 atom stereocenters. The molecule has 130 valence electrons. The minimum atomic E-state index is -0.945. The van der Waals surface area contributed by atoms with Gasteiger partial charge in [0.25, 0.3) is 0 Å². The lowest BCUT2D eigenvalue weighted by atomic mass is 9.98. The van der Waals surface area contributed by atoms with Crippen molar-refractivity contribution in [2.24, 2.45) is 0 Å². The van der Waals surface area contributed by atoms with Crippen molar-refractivity contribution >= 4 is 5.97 Å². The molecule has 3 aromatic carbocycles. The van der Waals surface area contributed by atoms with Gasteiger partial charge < -0.3 is 5.11 Å². The number of aromatic carboxylic acids is 1. The van der Waals surface area contributed by atoms with E-state index in [1.54, 1.807) is 24.3 Å². The second-order valence-electron chi connectivity index (χ2n) is 5.93. The molecule has 0 bridgehead atoms. The molecule has 0 aliphatic rings. The number of rotatable bonds is 4. The van der Waals surface area contributed by atoms with Crippen LogP contribution in [0.1, 0.15) is 10.4 Å². The first-order valence-corrected chi connectivity index (χ1v) is 8.40. The van der Waals surface area contributed by atoms with E-state index < -0.39 is 5.97 Å². The Morgan fingerprint density at radius 2 is 1.30 bits per heavy atom. The zero-order valence-electron chi connectivity index (χ0n) is 14.3. The van der Waals surface area contributed by atoms with Gasteiger partial charge >= 0.3 is 5.97 Å². The summed E-state index contributed by atoms with van der Waals surface area (Å²) in [7, 11) is 0. The van der Waals surface area contributed by atoms with E-state index in [0.29, 0.717) is 11.6 Å². The molecule has 0 fully saturated rings. The molecule has 0 radical (unpaired) electrons. The number of carbonyl (C=O) groups is 1. The highest BCUT2D eigenvalue weighted by Gasteiger charge is 2.12. The molecule has 0 aliphatic heterocycles. The number of hydrogen-bond acceptors (Lipinski definition) is 4. The van der Waals surface area contributed by atoms with E-state index >= 15 is 0 Å². The lowest BCUT2D eigenvalue weighted by molar-refractivity contribution is 0.0697. The van der Waals surface area contributed by atoms with Crippen LogP contribution in [0, 0.1) is 0 Å². The SMILES string of the molecule is O=C(O)c1ccc(-c2ccccc2-c2ncnc(-c3ccccc3)n2)cc1.